The van der Waals surface area contributed by atoms with E-state index >= 15 is 0 Å². The van der Waals surface area contributed by atoms with Crippen LogP contribution in [0.1, 0.15) is 26.7 Å². The van der Waals surface area contributed by atoms with Gasteiger partial charge in [-0.2, -0.15) is 0 Å². The van der Waals surface area contributed by atoms with Crippen LogP contribution in [-0.2, 0) is 0 Å². The normalized spacial score (nSPS) is 9.62. The zero-order chi connectivity index (χ0) is 12.0. The van der Waals surface area contributed by atoms with Crippen LogP contribution in [0.3, 0.4) is 0 Å². The number of furan rings is 1. The molecule has 0 aliphatic carbocycles. The number of non-ortho nitro benzene ring substituents is 1. The number of benzene rings is 1. The fourth-order valence-corrected chi connectivity index (χ4v) is 1.07. The van der Waals surface area contributed by atoms with Gasteiger partial charge in [0.1, 0.15) is 5.58 Å². The Morgan fingerprint density at radius 3 is 2.50 bits per heavy atom. The standard InChI is InChI=1S/C8H5NO3.C4H10/c10-9(11)7-1-2-8-6(5-7)3-4-12-8;1-3-4-2/h1-5H;3-4H2,1-2H3. The van der Waals surface area contributed by atoms with Gasteiger partial charge in [-0.15, -0.1) is 0 Å². The van der Waals surface area contributed by atoms with E-state index in [0.29, 0.717) is 5.58 Å². The van der Waals surface area contributed by atoms with Crippen LogP contribution >= 0.6 is 0 Å². The van der Waals surface area contributed by atoms with Crippen molar-refractivity contribution in [2.75, 3.05) is 0 Å². The van der Waals surface area contributed by atoms with Crippen LogP contribution in [0.4, 0.5) is 5.69 Å². The summed E-state index contributed by atoms with van der Waals surface area (Å²) in [6.45, 7) is 4.36. The summed E-state index contributed by atoms with van der Waals surface area (Å²) >= 11 is 0. The molecule has 0 bridgehead atoms. The highest BCUT2D eigenvalue weighted by Gasteiger charge is 2.06. The third-order valence-corrected chi connectivity index (χ3v) is 2.15. The van der Waals surface area contributed by atoms with Crippen molar-refractivity contribution in [3.05, 3.63) is 40.6 Å². The third-order valence-electron chi connectivity index (χ3n) is 2.15. The molecule has 0 atom stereocenters. The molecule has 2 rings (SSSR count). The van der Waals surface area contributed by atoms with Gasteiger partial charge < -0.3 is 4.42 Å². The Labute approximate surface area is 94.0 Å². The lowest BCUT2D eigenvalue weighted by Crippen LogP contribution is -1.85. The largest absolute Gasteiger partial charge is 0.464 e. The Bertz CT molecular complexity index is 460. The fourth-order valence-electron chi connectivity index (χ4n) is 1.07. The van der Waals surface area contributed by atoms with Crippen LogP contribution in [0.5, 0.6) is 0 Å². The number of unbranched alkanes of at least 4 members (excludes halogenated alkanes) is 1. The average Bonchev–Trinajstić information content (AvgIpc) is 2.76. The topological polar surface area (TPSA) is 56.3 Å². The summed E-state index contributed by atoms with van der Waals surface area (Å²) in [5.41, 5.74) is 0.754. The van der Waals surface area contributed by atoms with Crippen LogP contribution in [0, 0.1) is 10.1 Å². The predicted octanol–water partition coefficient (Wildman–Crippen LogP) is 4.15. The molecule has 1 heterocycles. The molecular formula is C12H15NO3. The van der Waals surface area contributed by atoms with Gasteiger partial charge in [-0.3, -0.25) is 10.1 Å². The minimum absolute atomic E-state index is 0.0869. The zero-order valence-electron chi connectivity index (χ0n) is 9.47. The first-order chi connectivity index (χ1) is 7.69. The molecule has 0 amide bonds. The Morgan fingerprint density at radius 2 is 1.94 bits per heavy atom. The molecule has 0 unspecified atom stereocenters. The highest BCUT2D eigenvalue weighted by Crippen LogP contribution is 2.20. The Morgan fingerprint density at radius 1 is 1.25 bits per heavy atom. The number of nitro benzene ring substituents is 1. The van der Waals surface area contributed by atoms with Gasteiger partial charge in [-0.05, 0) is 12.1 Å². The first kappa shape index (κ1) is 12.2. The summed E-state index contributed by atoms with van der Waals surface area (Å²) in [4.78, 5) is 9.92. The van der Waals surface area contributed by atoms with Crippen molar-refractivity contribution in [3.63, 3.8) is 0 Å². The molecular weight excluding hydrogens is 206 g/mol. The van der Waals surface area contributed by atoms with E-state index < -0.39 is 4.92 Å². The van der Waals surface area contributed by atoms with Gasteiger partial charge >= 0.3 is 0 Å². The summed E-state index contributed by atoms with van der Waals surface area (Å²) in [6, 6.07) is 6.19. The molecule has 0 aliphatic rings. The van der Waals surface area contributed by atoms with Gasteiger partial charge in [0.05, 0.1) is 11.2 Å². The van der Waals surface area contributed by atoms with E-state index in [0.717, 1.165) is 5.39 Å². The Kier molecular flexibility index (Phi) is 4.51. The first-order valence-electron chi connectivity index (χ1n) is 5.30. The molecule has 0 N–H and O–H groups in total. The molecule has 4 nitrogen and oxygen atoms in total. The number of nitro groups is 1. The SMILES string of the molecule is CCCC.O=[N+]([O-])c1ccc2occc2c1. The summed E-state index contributed by atoms with van der Waals surface area (Å²) in [5.74, 6) is 0. The molecule has 2 aromatic rings. The van der Waals surface area contributed by atoms with Crippen molar-refractivity contribution >= 4 is 16.7 Å². The van der Waals surface area contributed by atoms with Gasteiger partial charge in [0.2, 0.25) is 0 Å². The van der Waals surface area contributed by atoms with Crippen LogP contribution in [0.15, 0.2) is 34.9 Å². The highest BCUT2D eigenvalue weighted by atomic mass is 16.6. The van der Waals surface area contributed by atoms with Gasteiger partial charge in [-0.25, -0.2) is 0 Å². The molecule has 0 aliphatic heterocycles. The predicted molar refractivity (Wildman–Crippen MR) is 63.5 cm³/mol. The van der Waals surface area contributed by atoms with Gasteiger partial charge in [0.25, 0.3) is 5.69 Å². The Balaban J connectivity index is 0.000000280. The fraction of sp³-hybridized carbons (Fsp3) is 0.333. The van der Waals surface area contributed by atoms with Crippen molar-refractivity contribution in [1.29, 1.82) is 0 Å². The minimum atomic E-state index is -0.424. The minimum Gasteiger partial charge on any atom is -0.464 e. The molecule has 0 fully saturated rings. The maximum absolute atomic E-state index is 10.3. The van der Waals surface area contributed by atoms with Crippen LogP contribution in [0.25, 0.3) is 11.0 Å². The smallest absolute Gasteiger partial charge is 0.270 e. The molecule has 4 heteroatoms. The molecule has 1 aromatic carbocycles. The summed E-state index contributed by atoms with van der Waals surface area (Å²) < 4.78 is 5.03. The van der Waals surface area contributed by atoms with E-state index in [4.69, 9.17) is 4.42 Å². The number of hydrogen-bond acceptors (Lipinski definition) is 3. The van der Waals surface area contributed by atoms with Crippen LogP contribution < -0.4 is 0 Å². The van der Waals surface area contributed by atoms with E-state index in [1.165, 1.54) is 31.2 Å². The van der Waals surface area contributed by atoms with Gasteiger partial charge in [0.15, 0.2) is 0 Å². The summed E-state index contributed by atoms with van der Waals surface area (Å²) in [6.07, 6.45) is 4.15. The zero-order valence-corrected chi connectivity index (χ0v) is 9.47. The van der Waals surface area contributed by atoms with E-state index in [1.54, 1.807) is 12.1 Å². The van der Waals surface area contributed by atoms with E-state index in [1.807, 2.05) is 0 Å². The second kappa shape index (κ2) is 5.90. The number of fused-ring (bicyclic) bond motifs is 1. The van der Waals surface area contributed by atoms with Crippen molar-refractivity contribution in [1.82, 2.24) is 0 Å². The maximum Gasteiger partial charge on any atom is 0.270 e. The molecule has 0 radical (unpaired) electrons. The molecule has 0 saturated heterocycles. The van der Waals surface area contributed by atoms with Crippen molar-refractivity contribution in [2.45, 2.75) is 26.7 Å². The van der Waals surface area contributed by atoms with E-state index in [9.17, 15) is 10.1 Å². The quantitative estimate of drug-likeness (QED) is 0.565. The Hall–Kier alpha value is -1.84. The molecule has 1 aromatic heterocycles. The number of nitrogens with zero attached hydrogens (tertiary/aromatic N) is 1. The second-order valence-corrected chi connectivity index (χ2v) is 3.40. The molecule has 0 saturated carbocycles. The first-order valence-corrected chi connectivity index (χ1v) is 5.30. The lowest BCUT2D eigenvalue weighted by Gasteiger charge is -1.89. The van der Waals surface area contributed by atoms with Crippen molar-refractivity contribution in [2.24, 2.45) is 0 Å². The lowest BCUT2D eigenvalue weighted by atomic mass is 10.2. The van der Waals surface area contributed by atoms with E-state index in [2.05, 4.69) is 13.8 Å². The number of rotatable bonds is 2. The number of hydrogen-bond donors (Lipinski definition) is 0. The maximum atomic E-state index is 10.3. The molecule has 16 heavy (non-hydrogen) atoms. The van der Waals surface area contributed by atoms with Crippen LogP contribution in [0.2, 0.25) is 0 Å². The summed E-state index contributed by atoms with van der Waals surface area (Å²) in [7, 11) is 0. The lowest BCUT2D eigenvalue weighted by molar-refractivity contribution is -0.384. The molecule has 86 valence electrons. The molecule has 0 spiro atoms. The highest BCUT2D eigenvalue weighted by molar-refractivity contribution is 5.79. The average molecular weight is 221 g/mol. The van der Waals surface area contributed by atoms with Gasteiger partial charge in [-0.1, -0.05) is 26.7 Å². The summed E-state index contributed by atoms with van der Waals surface area (Å²) in [5, 5.41) is 11.1. The van der Waals surface area contributed by atoms with Crippen LogP contribution in [-0.4, -0.2) is 4.92 Å². The van der Waals surface area contributed by atoms with Crippen molar-refractivity contribution in [3.8, 4) is 0 Å². The third kappa shape index (κ3) is 3.08. The van der Waals surface area contributed by atoms with Gasteiger partial charge in [0, 0.05) is 17.5 Å². The van der Waals surface area contributed by atoms with Crippen molar-refractivity contribution < 1.29 is 9.34 Å². The monoisotopic (exact) mass is 221 g/mol. The second-order valence-electron chi connectivity index (χ2n) is 3.40. The van der Waals surface area contributed by atoms with E-state index in [-0.39, 0.29) is 5.69 Å².